The lowest BCUT2D eigenvalue weighted by Gasteiger charge is -2.13. The molecular weight excluding hydrogens is 329 g/mol. The second-order valence-corrected chi connectivity index (χ2v) is 6.55. The van der Waals surface area contributed by atoms with Gasteiger partial charge in [0.05, 0.1) is 6.04 Å². The van der Waals surface area contributed by atoms with Crippen molar-refractivity contribution in [3.05, 3.63) is 39.7 Å². The first-order chi connectivity index (χ1) is 10.0. The zero-order valence-corrected chi connectivity index (χ0v) is 14.2. The summed E-state index contributed by atoms with van der Waals surface area (Å²) in [6.07, 6.45) is 0.960. The van der Waals surface area contributed by atoms with Gasteiger partial charge in [-0.25, -0.2) is 0 Å². The maximum atomic E-state index is 6.13. The summed E-state index contributed by atoms with van der Waals surface area (Å²) in [5.41, 5.74) is 6.93. The highest BCUT2D eigenvalue weighted by atomic mass is 35.5. The first-order valence-electron chi connectivity index (χ1n) is 6.67. The Morgan fingerprint density at radius 2 is 1.95 bits per heavy atom. The SMILES string of the molecule is CCC(C)C(N)c1nnc(SCc2c(Cl)cccc2Cl)o1. The normalized spacial score (nSPS) is 14.1. The van der Waals surface area contributed by atoms with Gasteiger partial charge in [-0.15, -0.1) is 10.2 Å². The highest BCUT2D eigenvalue weighted by Gasteiger charge is 2.20. The number of hydrogen-bond donors (Lipinski definition) is 1. The minimum atomic E-state index is -0.235. The maximum Gasteiger partial charge on any atom is 0.276 e. The highest BCUT2D eigenvalue weighted by Crippen LogP contribution is 2.31. The molecule has 0 radical (unpaired) electrons. The van der Waals surface area contributed by atoms with Gasteiger partial charge in [-0.05, 0) is 23.6 Å². The molecule has 1 heterocycles. The quantitative estimate of drug-likeness (QED) is 0.767. The van der Waals surface area contributed by atoms with Crippen molar-refractivity contribution in [2.45, 2.75) is 37.3 Å². The van der Waals surface area contributed by atoms with E-state index in [1.165, 1.54) is 11.8 Å². The Morgan fingerprint density at radius 1 is 1.29 bits per heavy atom. The lowest BCUT2D eigenvalue weighted by Crippen LogP contribution is -2.18. The van der Waals surface area contributed by atoms with Crippen molar-refractivity contribution in [3.63, 3.8) is 0 Å². The predicted molar refractivity (Wildman–Crippen MR) is 86.7 cm³/mol. The van der Waals surface area contributed by atoms with Gasteiger partial charge in [0.15, 0.2) is 0 Å². The molecule has 0 spiro atoms. The minimum absolute atomic E-state index is 0.235. The molecule has 2 unspecified atom stereocenters. The van der Waals surface area contributed by atoms with E-state index in [4.69, 9.17) is 33.4 Å². The van der Waals surface area contributed by atoms with E-state index < -0.39 is 0 Å². The summed E-state index contributed by atoms with van der Waals surface area (Å²) in [4.78, 5) is 0. The molecule has 0 aliphatic rings. The monoisotopic (exact) mass is 345 g/mol. The fraction of sp³-hybridized carbons (Fsp3) is 0.429. The zero-order chi connectivity index (χ0) is 15.4. The van der Waals surface area contributed by atoms with Crippen molar-refractivity contribution in [1.82, 2.24) is 10.2 Å². The van der Waals surface area contributed by atoms with Crippen LogP contribution in [-0.2, 0) is 5.75 Å². The number of aromatic nitrogens is 2. The molecule has 21 heavy (non-hydrogen) atoms. The number of benzene rings is 1. The molecule has 0 aliphatic heterocycles. The molecule has 114 valence electrons. The molecule has 0 bridgehead atoms. The Hall–Kier alpha value is -0.750. The number of nitrogens with zero attached hydrogens (tertiary/aromatic N) is 2. The second kappa shape index (κ2) is 7.49. The third-order valence-corrected chi connectivity index (χ3v) is 4.92. The van der Waals surface area contributed by atoms with E-state index in [-0.39, 0.29) is 6.04 Å². The predicted octanol–water partition coefficient (Wildman–Crippen LogP) is 4.71. The zero-order valence-electron chi connectivity index (χ0n) is 11.8. The Kier molecular flexibility index (Phi) is 5.93. The summed E-state index contributed by atoms with van der Waals surface area (Å²) in [6.45, 7) is 4.14. The number of thioether (sulfide) groups is 1. The van der Waals surface area contributed by atoms with Crippen LogP contribution in [0.2, 0.25) is 10.0 Å². The average Bonchev–Trinajstić information content (AvgIpc) is 2.94. The van der Waals surface area contributed by atoms with Crippen molar-refractivity contribution in [2.24, 2.45) is 11.7 Å². The van der Waals surface area contributed by atoms with Crippen molar-refractivity contribution in [1.29, 1.82) is 0 Å². The maximum absolute atomic E-state index is 6.13. The topological polar surface area (TPSA) is 64.9 Å². The van der Waals surface area contributed by atoms with Crippen LogP contribution in [0.15, 0.2) is 27.8 Å². The first-order valence-corrected chi connectivity index (χ1v) is 8.41. The molecule has 0 fully saturated rings. The summed E-state index contributed by atoms with van der Waals surface area (Å²) >= 11 is 13.6. The molecule has 2 N–H and O–H groups in total. The van der Waals surface area contributed by atoms with Gasteiger partial charge in [-0.2, -0.15) is 0 Å². The van der Waals surface area contributed by atoms with Gasteiger partial charge in [0.25, 0.3) is 5.22 Å². The summed E-state index contributed by atoms with van der Waals surface area (Å²) in [5, 5.41) is 9.76. The number of halogens is 2. The van der Waals surface area contributed by atoms with E-state index >= 15 is 0 Å². The van der Waals surface area contributed by atoms with Gasteiger partial charge in [0.2, 0.25) is 5.89 Å². The van der Waals surface area contributed by atoms with Crippen molar-refractivity contribution < 1.29 is 4.42 Å². The lowest BCUT2D eigenvalue weighted by atomic mass is 10.0. The summed E-state index contributed by atoms with van der Waals surface area (Å²) < 4.78 is 5.60. The first kappa shape index (κ1) is 16.6. The molecule has 2 atom stereocenters. The van der Waals surface area contributed by atoms with E-state index in [9.17, 15) is 0 Å². The largest absolute Gasteiger partial charge is 0.414 e. The molecule has 2 rings (SSSR count). The Labute approximate surface area is 138 Å². The molecule has 0 amide bonds. The molecule has 4 nitrogen and oxygen atoms in total. The summed E-state index contributed by atoms with van der Waals surface area (Å²) in [7, 11) is 0. The van der Waals surface area contributed by atoms with Crippen LogP contribution in [0.25, 0.3) is 0 Å². The summed E-state index contributed by atoms with van der Waals surface area (Å²) in [6, 6.07) is 5.19. The highest BCUT2D eigenvalue weighted by molar-refractivity contribution is 7.98. The van der Waals surface area contributed by atoms with Crippen LogP contribution in [0.5, 0.6) is 0 Å². The molecule has 2 aromatic rings. The molecular formula is C14H17Cl2N3OS. The Balaban J connectivity index is 2.03. The molecule has 1 aromatic heterocycles. The smallest absolute Gasteiger partial charge is 0.276 e. The van der Waals surface area contributed by atoms with E-state index in [2.05, 4.69) is 24.0 Å². The van der Waals surface area contributed by atoms with Crippen LogP contribution in [0.1, 0.15) is 37.8 Å². The molecule has 0 saturated heterocycles. The van der Waals surface area contributed by atoms with Gasteiger partial charge < -0.3 is 10.2 Å². The van der Waals surface area contributed by atoms with E-state index in [0.29, 0.717) is 32.8 Å². The Bertz CT molecular complexity index is 585. The van der Waals surface area contributed by atoms with Crippen LogP contribution in [0, 0.1) is 5.92 Å². The number of nitrogens with two attached hydrogens (primary N) is 1. The number of rotatable bonds is 6. The Morgan fingerprint density at radius 3 is 2.57 bits per heavy atom. The van der Waals surface area contributed by atoms with Gasteiger partial charge >= 0.3 is 0 Å². The van der Waals surface area contributed by atoms with E-state index in [1.807, 2.05) is 6.07 Å². The lowest BCUT2D eigenvalue weighted by molar-refractivity contribution is 0.333. The van der Waals surface area contributed by atoms with Crippen LogP contribution in [0.4, 0.5) is 0 Å². The fourth-order valence-electron chi connectivity index (χ4n) is 1.71. The van der Waals surface area contributed by atoms with Crippen LogP contribution in [0.3, 0.4) is 0 Å². The third kappa shape index (κ3) is 4.13. The van der Waals surface area contributed by atoms with Gasteiger partial charge in [0.1, 0.15) is 0 Å². The van der Waals surface area contributed by atoms with E-state index in [0.717, 1.165) is 12.0 Å². The van der Waals surface area contributed by atoms with Crippen molar-refractivity contribution >= 4 is 35.0 Å². The minimum Gasteiger partial charge on any atom is -0.414 e. The third-order valence-electron chi connectivity index (χ3n) is 3.37. The number of hydrogen-bond acceptors (Lipinski definition) is 5. The van der Waals surface area contributed by atoms with Crippen LogP contribution in [-0.4, -0.2) is 10.2 Å². The van der Waals surface area contributed by atoms with Crippen LogP contribution >= 0.6 is 35.0 Å². The molecule has 1 aromatic carbocycles. The standard InChI is InChI=1S/C14H17Cl2N3OS/c1-3-8(2)12(17)13-18-19-14(20-13)21-7-9-10(15)5-4-6-11(9)16/h4-6,8,12H,3,7,17H2,1-2H3. The summed E-state index contributed by atoms with van der Waals surface area (Å²) in [5.74, 6) is 1.33. The molecule has 0 aliphatic carbocycles. The van der Waals surface area contributed by atoms with Crippen molar-refractivity contribution in [2.75, 3.05) is 0 Å². The average molecular weight is 346 g/mol. The fourth-order valence-corrected chi connectivity index (χ4v) is 3.23. The van der Waals surface area contributed by atoms with Gasteiger partial charge in [0, 0.05) is 15.8 Å². The van der Waals surface area contributed by atoms with Gasteiger partial charge in [-0.3, -0.25) is 0 Å². The van der Waals surface area contributed by atoms with Crippen LogP contribution < -0.4 is 5.73 Å². The van der Waals surface area contributed by atoms with Gasteiger partial charge in [-0.1, -0.05) is 61.3 Å². The van der Waals surface area contributed by atoms with E-state index in [1.54, 1.807) is 12.1 Å². The molecule has 0 saturated carbocycles. The molecule has 7 heteroatoms. The van der Waals surface area contributed by atoms with Crippen molar-refractivity contribution in [3.8, 4) is 0 Å². The second-order valence-electron chi connectivity index (χ2n) is 4.81.